The first kappa shape index (κ1) is 24.3. The normalized spacial score (nSPS) is 15.1. The quantitative estimate of drug-likeness (QED) is 0.611. The van der Waals surface area contributed by atoms with Gasteiger partial charge in [0, 0.05) is 24.6 Å². The summed E-state index contributed by atoms with van der Waals surface area (Å²) in [5.74, 6) is 0.440. The van der Waals surface area contributed by atoms with Crippen LogP contribution in [0.5, 0.6) is 5.75 Å². The number of hydrogen-bond acceptors (Lipinski definition) is 5. The number of ether oxygens (including phenoxy) is 2. The van der Waals surface area contributed by atoms with Crippen LogP contribution < -0.4 is 10.1 Å². The average molecular weight is 453 g/mol. The standard InChI is InChI=1S/C26H32N2O5/c1-18(2)23(27-26(31)33-17-19-7-5-4-6-8-19)25(30)28-15-13-21(14-16-28)24(29)20-9-11-22(32-3)12-10-20/h4-12,18,21,23H,13-17H2,1-3H3,(H,27,31). The number of amides is 2. The molecule has 0 saturated carbocycles. The molecule has 1 aliphatic rings. The number of nitrogens with one attached hydrogen (secondary N) is 1. The fraction of sp³-hybridized carbons (Fsp3) is 0.423. The highest BCUT2D eigenvalue weighted by atomic mass is 16.5. The Hall–Kier alpha value is -3.35. The van der Waals surface area contributed by atoms with Crippen molar-refractivity contribution in [3.05, 3.63) is 65.7 Å². The monoisotopic (exact) mass is 452 g/mol. The molecule has 1 unspecified atom stereocenters. The second-order valence-electron chi connectivity index (χ2n) is 8.62. The predicted molar refractivity (Wildman–Crippen MR) is 125 cm³/mol. The number of piperidine rings is 1. The first-order valence-corrected chi connectivity index (χ1v) is 11.3. The van der Waals surface area contributed by atoms with Gasteiger partial charge in [0.2, 0.25) is 5.91 Å². The van der Waals surface area contributed by atoms with Gasteiger partial charge in [0.25, 0.3) is 0 Å². The van der Waals surface area contributed by atoms with Crippen molar-refractivity contribution < 1.29 is 23.9 Å². The third kappa shape index (κ3) is 6.57. The molecule has 3 rings (SSSR count). The molecule has 176 valence electrons. The van der Waals surface area contributed by atoms with E-state index in [2.05, 4.69) is 5.32 Å². The van der Waals surface area contributed by atoms with Crippen LogP contribution in [0.4, 0.5) is 4.79 Å². The minimum absolute atomic E-state index is 0.0905. The maximum absolute atomic E-state index is 13.1. The van der Waals surface area contributed by atoms with Crippen molar-refractivity contribution >= 4 is 17.8 Å². The van der Waals surface area contributed by atoms with Crippen molar-refractivity contribution in [2.45, 2.75) is 39.3 Å². The zero-order chi connectivity index (χ0) is 23.8. The molecule has 1 fully saturated rings. The van der Waals surface area contributed by atoms with Crippen LogP contribution in [0.25, 0.3) is 0 Å². The minimum Gasteiger partial charge on any atom is -0.497 e. The smallest absolute Gasteiger partial charge is 0.408 e. The largest absolute Gasteiger partial charge is 0.497 e. The molecule has 0 aromatic heterocycles. The summed E-state index contributed by atoms with van der Waals surface area (Å²) in [4.78, 5) is 40.0. The number of carbonyl (C=O) groups excluding carboxylic acids is 3. The van der Waals surface area contributed by atoms with E-state index in [1.54, 1.807) is 36.3 Å². The van der Waals surface area contributed by atoms with Crippen molar-refractivity contribution in [2.75, 3.05) is 20.2 Å². The molecule has 1 heterocycles. The molecular weight excluding hydrogens is 420 g/mol. The van der Waals surface area contributed by atoms with E-state index >= 15 is 0 Å². The first-order chi connectivity index (χ1) is 15.9. The van der Waals surface area contributed by atoms with E-state index in [-0.39, 0.29) is 30.1 Å². The maximum Gasteiger partial charge on any atom is 0.408 e. The average Bonchev–Trinajstić information content (AvgIpc) is 2.86. The summed E-state index contributed by atoms with van der Waals surface area (Å²) in [6.07, 6.45) is 0.579. The van der Waals surface area contributed by atoms with Crippen molar-refractivity contribution in [1.29, 1.82) is 0 Å². The van der Waals surface area contributed by atoms with Crippen LogP contribution in [0.15, 0.2) is 54.6 Å². The van der Waals surface area contributed by atoms with Gasteiger partial charge in [0.15, 0.2) is 5.78 Å². The van der Waals surface area contributed by atoms with Crippen molar-refractivity contribution in [3.63, 3.8) is 0 Å². The Morgan fingerprint density at radius 1 is 1.00 bits per heavy atom. The molecule has 2 aromatic rings. The number of benzene rings is 2. The van der Waals surface area contributed by atoms with Gasteiger partial charge in [-0.05, 0) is 48.6 Å². The van der Waals surface area contributed by atoms with Crippen LogP contribution >= 0.6 is 0 Å². The van der Waals surface area contributed by atoms with Gasteiger partial charge in [-0.1, -0.05) is 44.2 Å². The number of hydrogen-bond donors (Lipinski definition) is 1. The van der Waals surface area contributed by atoms with Crippen molar-refractivity contribution in [2.24, 2.45) is 11.8 Å². The molecule has 0 radical (unpaired) electrons. The lowest BCUT2D eigenvalue weighted by Crippen LogP contribution is -2.53. The summed E-state index contributed by atoms with van der Waals surface area (Å²) in [6, 6.07) is 15.8. The fourth-order valence-electron chi connectivity index (χ4n) is 3.96. The molecule has 0 spiro atoms. The van der Waals surface area contributed by atoms with Gasteiger partial charge in [-0.25, -0.2) is 4.79 Å². The Labute approximate surface area is 195 Å². The summed E-state index contributed by atoms with van der Waals surface area (Å²) in [5.41, 5.74) is 1.53. The van der Waals surface area contributed by atoms with Crippen LogP contribution in [-0.2, 0) is 16.1 Å². The van der Waals surface area contributed by atoms with Gasteiger partial charge >= 0.3 is 6.09 Å². The summed E-state index contributed by atoms with van der Waals surface area (Å²) in [5, 5.41) is 2.72. The summed E-state index contributed by atoms with van der Waals surface area (Å²) in [6.45, 7) is 4.88. The van der Waals surface area contributed by atoms with Crippen LogP contribution in [0.2, 0.25) is 0 Å². The Balaban J connectivity index is 1.52. The van der Waals surface area contributed by atoms with Gasteiger partial charge in [-0.3, -0.25) is 9.59 Å². The lowest BCUT2D eigenvalue weighted by molar-refractivity contribution is -0.135. The second-order valence-corrected chi connectivity index (χ2v) is 8.62. The van der Waals surface area contributed by atoms with Crippen LogP contribution in [0.1, 0.15) is 42.6 Å². The second kappa shape index (κ2) is 11.5. The summed E-state index contributed by atoms with van der Waals surface area (Å²) in [7, 11) is 1.59. The zero-order valence-electron chi connectivity index (χ0n) is 19.5. The number of alkyl carbamates (subject to hydrolysis) is 1. The Morgan fingerprint density at radius 2 is 1.64 bits per heavy atom. The van der Waals surface area contributed by atoms with Gasteiger partial charge in [-0.2, -0.15) is 0 Å². The van der Waals surface area contributed by atoms with Crippen molar-refractivity contribution in [1.82, 2.24) is 10.2 Å². The number of likely N-dealkylation sites (tertiary alicyclic amines) is 1. The zero-order valence-corrected chi connectivity index (χ0v) is 19.5. The summed E-state index contributed by atoms with van der Waals surface area (Å²) >= 11 is 0. The highest BCUT2D eigenvalue weighted by Gasteiger charge is 2.33. The number of methoxy groups -OCH3 is 1. The lowest BCUT2D eigenvalue weighted by atomic mass is 9.88. The molecule has 33 heavy (non-hydrogen) atoms. The molecule has 0 aliphatic carbocycles. The molecule has 1 aliphatic heterocycles. The number of rotatable bonds is 8. The van der Waals surface area contributed by atoms with E-state index in [0.717, 1.165) is 5.56 Å². The topological polar surface area (TPSA) is 84.9 Å². The number of nitrogens with zero attached hydrogens (tertiary/aromatic N) is 1. The molecule has 7 nitrogen and oxygen atoms in total. The first-order valence-electron chi connectivity index (χ1n) is 11.3. The third-order valence-corrected chi connectivity index (χ3v) is 5.97. The molecule has 2 amide bonds. The van der Waals surface area contributed by atoms with Gasteiger partial charge in [0.05, 0.1) is 7.11 Å². The Morgan fingerprint density at radius 3 is 2.21 bits per heavy atom. The van der Waals surface area contributed by atoms with E-state index < -0.39 is 12.1 Å². The molecule has 2 aromatic carbocycles. The molecule has 7 heteroatoms. The third-order valence-electron chi connectivity index (χ3n) is 5.97. The van der Waals surface area contributed by atoms with E-state index in [0.29, 0.717) is 37.2 Å². The molecule has 0 bridgehead atoms. The fourth-order valence-corrected chi connectivity index (χ4v) is 3.96. The van der Waals surface area contributed by atoms with E-state index in [1.165, 1.54) is 0 Å². The molecule has 1 atom stereocenters. The highest BCUT2D eigenvalue weighted by molar-refractivity contribution is 5.98. The molecule has 1 N–H and O–H groups in total. The minimum atomic E-state index is -0.679. The maximum atomic E-state index is 13.1. The van der Waals surface area contributed by atoms with E-state index in [9.17, 15) is 14.4 Å². The predicted octanol–water partition coefficient (Wildman–Crippen LogP) is 4.07. The van der Waals surface area contributed by atoms with E-state index in [1.807, 2.05) is 44.2 Å². The SMILES string of the molecule is COc1ccc(C(=O)C2CCN(C(=O)C(NC(=O)OCc3ccccc3)C(C)C)CC2)cc1. The van der Waals surface area contributed by atoms with Gasteiger partial charge < -0.3 is 19.7 Å². The summed E-state index contributed by atoms with van der Waals surface area (Å²) < 4.78 is 10.4. The molecular formula is C26H32N2O5. The number of Topliss-reactive ketones (excluding diaryl/α,β-unsaturated/α-hetero) is 1. The lowest BCUT2D eigenvalue weighted by Gasteiger charge is -2.34. The van der Waals surface area contributed by atoms with Gasteiger partial charge in [-0.15, -0.1) is 0 Å². The van der Waals surface area contributed by atoms with Crippen LogP contribution in [-0.4, -0.2) is 48.9 Å². The van der Waals surface area contributed by atoms with Crippen LogP contribution in [0.3, 0.4) is 0 Å². The van der Waals surface area contributed by atoms with E-state index in [4.69, 9.17) is 9.47 Å². The Kier molecular flexibility index (Phi) is 8.46. The highest BCUT2D eigenvalue weighted by Crippen LogP contribution is 2.24. The number of ketones is 1. The molecule has 1 saturated heterocycles. The van der Waals surface area contributed by atoms with Crippen LogP contribution in [0, 0.1) is 11.8 Å². The Bertz CT molecular complexity index is 935. The van der Waals surface area contributed by atoms with Gasteiger partial charge in [0.1, 0.15) is 18.4 Å². The van der Waals surface area contributed by atoms with Crippen molar-refractivity contribution in [3.8, 4) is 5.75 Å². The number of carbonyl (C=O) groups is 3.